The van der Waals surface area contributed by atoms with Crippen LogP contribution >= 0.6 is 0 Å². The summed E-state index contributed by atoms with van der Waals surface area (Å²) in [6, 6.07) is 7.64. The molecule has 2 aliphatic rings. The van der Waals surface area contributed by atoms with E-state index in [2.05, 4.69) is 63.9 Å². The van der Waals surface area contributed by atoms with Crippen LogP contribution in [-0.2, 0) is 6.54 Å². The Bertz CT molecular complexity index is 972. The van der Waals surface area contributed by atoms with E-state index in [1.165, 1.54) is 5.56 Å². The van der Waals surface area contributed by atoms with Crippen LogP contribution in [0.3, 0.4) is 0 Å². The van der Waals surface area contributed by atoms with Crippen LogP contribution in [-0.4, -0.2) is 77.4 Å². The fourth-order valence-electron chi connectivity index (χ4n) is 4.13. The van der Waals surface area contributed by atoms with Crippen LogP contribution in [0.15, 0.2) is 29.4 Å². The lowest BCUT2D eigenvalue weighted by molar-refractivity contribution is 0.0326. The molecule has 2 aromatic rings. The zero-order chi connectivity index (χ0) is 22.1. The van der Waals surface area contributed by atoms with E-state index in [9.17, 15) is 0 Å². The fourth-order valence-corrected chi connectivity index (χ4v) is 4.13. The average Bonchev–Trinajstić information content (AvgIpc) is 3.02. The van der Waals surface area contributed by atoms with Gasteiger partial charge in [-0.3, -0.25) is 10.3 Å². The molecule has 0 amide bonds. The number of likely N-dealkylation sites (N-methyl/N-ethyl adjacent to an activating group) is 1. The standard InChI is InChI=1S/C23H33N7O/c1-15(2)26-22(25-14-24)20-13-29-8-9-31-21-7-6-17(10-19(21)23(29)27-20)16(3)30-11-18(12-30)28(4)5/h6-7,10,13-16,18H,8-9,11-12H2,1-5H3,(H2,24,25,26). The molecular weight excluding hydrogens is 390 g/mol. The Morgan fingerprint density at radius 3 is 2.77 bits per heavy atom. The number of fused-ring (bicyclic) bond motifs is 3. The van der Waals surface area contributed by atoms with E-state index in [0.717, 1.165) is 48.8 Å². The molecule has 1 unspecified atom stereocenters. The lowest BCUT2D eigenvalue weighted by Gasteiger charge is -2.46. The maximum Gasteiger partial charge on any atom is 0.155 e. The SMILES string of the molecule is CC(C)N/C(=N\C=N)c1cn2c(n1)-c1cc(C(C)N3CC(N(C)C)C3)ccc1OCC2. The van der Waals surface area contributed by atoms with Gasteiger partial charge in [0.05, 0.1) is 12.1 Å². The summed E-state index contributed by atoms with van der Waals surface area (Å²) in [6.45, 7) is 9.86. The molecule has 0 spiro atoms. The van der Waals surface area contributed by atoms with Gasteiger partial charge in [0, 0.05) is 37.4 Å². The van der Waals surface area contributed by atoms with Gasteiger partial charge in [-0.1, -0.05) is 6.07 Å². The summed E-state index contributed by atoms with van der Waals surface area (Å²) < 4.78 is 8.15. The minimum atomic E-state index is 0.200. The second kappa shape index (κ2) is 8.80. The Morgan fingerprint density at radius 2 is 2.10 bits per heavy atom. The number of aliphatic imine (C=N–C) groups is 1. The minimum absolute atomic E-state index is 0.200. The topological polar surface area (TPSA) is 81.8 Å². The van der Waals surface area contributed by atoms with Gasteiger partial charge in [0.1, 0.15) is 30.2 Å². The van der Waals surface area contributed by atoms with E-state index >= 15 is 0 Å². The van der Waals surface area contributed by atoms with Crippen LogP contribution in [0.2, 0.25) is 0 Å². The monoisotopic (exact) mass is 423 g/mol. The van der Waals surface area contributed by atoms with Crippen LogP contribution in [0.5, 0.6) is 5.75 Å². The van der Waals surface area contributed by atoms with Crippen molar-refractivity contribution >= 4 is 12.2 Å². The summed E-state index contributed by atoms with van der Waals surface area (Å²) in [5.41, 5.74) is 3.03. The second-order valence-electron chi connectivity index (χ2n) is 8.90. The number of benzene rings is 1. The predicted octanol–water partition coefficient (Wildman–Crippen LogP) is 2.60. The van der Waals surface area contributed by atoms with E-state index in [1.54, 1.807) is 0 Å². The highest BCUT2D eigenvalue weighted by Gasteiger charge is 2.32. The first-order valence-corrected chi connectivity index (χ1v) is 11.0. The number of nitrogens with one attached hydrogen (secondary N) is 2. The summed E-state index contributed by atoms with van der Waals surface area (Å²) in [7, 11) is 4.29. The zero-order valence-electron chi connectivity index (χ0n) is 19.1. The van der Waals surface area contributed by atoms with Crippen molar-refractivity contribution in [3.05, 3.63) is 35.7 Å². The molecule has 0 aliphatic carbocycles. The van der Waals surface area contributed by atoms with Crippen molar-refractivity contribution in [2.45, 2.75) is 45.4 Å². The third-order valence-electron chi connectivity index (χ3n) is 6.12. The smallest absolute Gasteiger partial charge is 0.155 e. The van der Waals surface area contributed by atoms with Crippen LogP contribution in [0, 0.1) is 5.41 Å². The van der Waals surface area contributed by atoms with Gasteiger partial charge in [0.15, 0.2) is 5.84 Å². The van der Waals surface area contributed by atoms with Crippen LogP contribution < -0.4 is 10.1 Å². The van der Waals surface area contributed by atoms with Gasteiger partial charge in [0.2, 0.25) is 0 Å². The predicted molar refractivity (Wildman–Crippen MR) is 124 cm³/mol. The number of hydrogen-bond donors (Lipinski definition) is 2. The van der Waals surface area contributed by atoms with Gasteiger partial charge >= 0.3 is 0 Å². The van der Waals surface area contributed by atoms with Crippen molar-refractivity contribution in [2.75, 3.05) is 33.8 Å². The van der Waals surface area contributed by atoms with Gasteiger partial charge < -0.3 is 19.5 Å². The molecule has 31 heavy (non-hydrogen) atoms. The summed E-state index contributed by atoms with van der Waals surface area (Å²) in [4.78, 5) is 13.9. The number of imidazole rings is 1. The van der Waals surface area contributed by atoms with Gasteiger partial charge in [-0.2, -0.15) is 0 Å². The van der Waals surface area contributed by atoms with E-state index in [4.69, 9.17) is 15.1 Å². The molecule has 1 fully saturated rings. The number of ether oxygens (including phenoxy) is 1. The molecule has 2 N–H and O–H groups in total. The average molecular weight is 424 g/mol. The maximum absolute atomic E-state index is 7.41. The Kier molecular flexibility index (Phi) is 6.11. The number of amidine groups is 1. The van der Waals surface area contributed by atoms with Crippen LogP contribution in [0.4, 0.5) is 0 Å². The summed E-state index contributed by atoms with van der Waals surface area (Å²) in [5.74, 6) is 2.37. The molecule has 2 aliphatic heterocycles. The molecule has 1 saturated heterocycles. The third-order valence-corrected chi connectivity index (χ3v) is 6.12. The lowest BCUT2D eigenvalue weighted by atomic mass is 9.98. The molecule has 8 heteroatoms. The Balaban J connectivity index is 1.66. The Morgan fingerprint density at radius 1 is 1.32 bits per heavy atom. The summed E-state index contributed by atoms with van der Waals surface area (Å²) >= 11 is 0. The number of aromatic nitrogens is 2. The number of likely N-dealkylation sites (tertiary alicyclic amines) is 1. The third kappa shape index (κ3) is 4.36. The molecule has 8 nitrogen and oxygen atoms in total. The highest BCUT2D eigenvalue weighted by atomic mass is 16.5. The highest BCUT2D eigenvalue weighted by Crippen LogP contribution is 2.36. The van der Waals surface area contributed by atoms with Gasteiger partial charge in [-0.15, -0.1) is 0 Å². The van der Waals surface area contributed by atoms with Crippen molar-refractivity contribution in [1.29, 1.82) is 5.41 Å². The maximum atomic E-state index is 7.41. The van der Waals surface area contributed by atoms with Crippen molar-refractivity contribution in [3.63, 3.8) is 0 Å². The zero-order valence-corrected chi connectivity index (χ0v) is 19.1. The lowest BCUT2D eigenvalue weighted by Crippen LogP contribution is -2.57. The van der Waals surface area contributed by atoms with Gasteiger partial charge in [-0.05, 0) is 52.6 Å². The molecular formula is C23H33N7O. The summed E-state index contributed by atoms with van der Waals surface area (Å²) in [6.07, 6.45) is 3.05. The molecule has 0 bridgehead atoms. The van der Waals surface area contributed by atoms with Crippen molar-refractivity contribution in [3.8, 4) is 17.1 Å². The molecule has 0 radical (unpaired) electrons. The first kappa shape index (κ1) is 21.5. The second-order valence-corrected chi connectivity index (χ2v) is 8.90. The van der Waals surface area contributed by atoms with Crippen molar-refractivity contribution in [2.24, 2.45) is 4.99 Å². The Hall–Kier alpha value is -2.71. The van der Waals surface area contributed by atoms with Crippen LogP contribution in [0.25, 0.3) is 11.4 Å². The molecule has 166 valence electrons. The number of rotatable bonds is 6. The quantitative estimate of drug-likeness (QED) is 0.551. The van der Waals surface area contributed by atoms with Crippen molar-refractivity contribution in [1.82, 2.24) is 24.7 Å². The highest BCUT2D eigenvalue weighted by molar-refractivity contribution is 6.01. The normalized spacial score (nSPS) is 18.1. The first-order chi connectivity index (χ1) is 14.9. The van der Waals surface area contributed by atoms with E-state index in [-0.39, 0.29) is 6.04 Å². The summed E-state index contributed by atoms with van der Waals surface area (Å²) in [5, 5.41) is 10.7. The molecule has 1 aromatic carbocycles. The van der Waals surface area contributed by atoms with E-state index in [1.807, 2.05) is 20.0 Å². The van der Waals surface area contributed by atoms with E-state index in [0.29, 0.717) is 24.5 Å². The minimum Gasteiger partial charge on any atom is -0.491 e. The van der Waals surface area contributed by atoms with E-state index < -0.39 is 0 Å². The Labute approximate surface area is 184 Å². The van der Waals surface area contributed by atoms with Gasteiger partial charge in [0.25, 0.3) is 0 Å². The van der Waals surface area contributed by atoms with Crippen molar-refractivity contribution < 1.29 is 4.74 Å². The number of hydrogen-bond acceptors (Lipinski definition) is 5. The van der Waals surface area contributed by atoms with Crippen LogP contribution in [0.1, 0.15) is 38.1 Å². The molecule has 3 heterocycles. The molecule has 4 rings (SSSR count). The first-order valence-electron chi connectivity index (χ1n) is 11.0. The molecule has 1 atom stereocenters. The largest absolute Gasteiger partial charge is 0.491 e. The molecule has 1 aromatic heterocycles. The molecule has 0 saturated carbocycles. The fraction of sp³-hybridized carbons (Fsp3) is 0.522. The number of nitrogens with zero attached hydrogens (tertiary/aromatic N) is 5. The van der Waals surface area contributed by atoms with Gasteiger partial charge in [-0.25, -0.2) is 9.98 Å².